The van der Waals surface area contributed by atoms with E-state index in [0.29, 0.717) is 37.6 Å². The molecule has 0 saturated heterocycles. The molecule has 0 amide bonds. The number of hydrogen-bond donors (Lipinski definition) is 2. The van der Waals surface area contributed by atoms with E-state index in [1.807, 2.05) is 18.2 Å². The van der Waals surface area contributed by atoms with Gasteiger partial charge in [-0.15, -0.1) is 0 Å². The van der Waals surface area contributed by atoms with Crippen LogP contribution in [0, 0.1) is 16.7 Å². The summed E-state index contributed by atoms with van der Waals surface area (Å²) in [6.45, 7) is 9.80. The second kappa shape index (κ2) is 8.60. The molecule has 27 heavy (non-hydrogen) atoms. The quantitative estimate of drug-likeness (QED) is 0.658. The number of aliphatic hydroxyl groups is 2. The molecule has 0 unspecified atom stereocenters. The van der Waals surface area contributed by atoms with Gasteiger partial charge in [0.25, 0.3) is 0 Å². The van der Waals surface area contributed by atoms with Crippen LogP contribution in [0.4, 0.5) is 0 Å². The van der Waals surface area contributed by atoms with E-state index < -0.39 is 6.10 Å². The summed E-state index contributed by atoms with van der Waals surface area (Å²) in [5.41, 5.74) is 1.84. The van der Waals surface area contributed by atoms with Crippen molar-refractivity contribution in [1.29, 1.82) is 0 Å². The Bertz CT molecular complexity index is 591. The van der Waals surface area contributed by atoms with Crippen molar-refractivity contribution < 1.29 is 14.9 Å². The van der Waals surface area contributed by atoms with Crippen molar-refractivity contribution in [3.8, 4) is 0 Å². The minimum atomic E-state index is -0.431. The van der Waals surface area contributed by atoms with Crippen molar-refractivity contribution in [3.05, 3.63) is 35.9 Å². The first-order valence-electron chi connectivity index (χ1n) is 10.5. The van der Waals surface area contributed by atoms with Gasteiger partial charge in [0, 0.05) is 26.2 Å². The third-order valence-corrected chi connectivity index (χ3v) is 7.62. The van der Waals surface area contributed by atoms with Crippen LogP contribution in [-0.4, -0.2) is 53.6 Å². The van der Waals surface area contributed by atoms with Crippen molar-refractivity contribution in [2.45, 2.75) is 65.2 Å². The molecule has 0 aliphatic heterocycles. The van der Waals surface area contributed by atoms with Crippen LogP contribution in [0.2, 0.25) is 0 Å². The van der Waals surface area contributed by atoms with Crippen molar-refractivity contribution in [1.82, 2.24) is 4.90 Å². The maximum atomic E-state index is 10.5. The topological polar surface area (TPSA) is 52.9 Å². The highest BCUT2D eigenvalue weighted by Gasteiger charge is 2.61. The Morgan fingerprint density at radius 2 is 1.96 bits per heavy atom. The number of benzene rings is 1. The normalized spacial score (nSPS) is 30.1. The summed E-state index contributed by atoms with van der Waals surface area (Å²) < 4.78 is 6.28. The van der Waals surface area contributed by atoms with Crippen molar-refractivity contribution in [3.63, 3.8) is 0 Å². The first-order valence-corrected chi connectivity index (χ1v) is 10.5. The Morgan fingerprint density at radius 1 is 1.22 bits per heavy atom. The minimum Gasteiger partial charge on any atom is -0.395 e. The van der Waals surface area contributed by atoms with Gasteiger partial charge >= 0.3 is 0 Å². The van der Waals surface area contributed by atoms with E-state index in [2.05, 4.69) is 37.8 Å². The molecule has 2 bridgehead atoms. The van der Waals surface area contributed by atoms with E-state index in [9.17, 15) is 10.2 Å². The van der Waals surface area contributed by atoms with Gasteiger partial charge in [0.2, 0.25) is 0 Å². The molecule has 4 nitrogen and oxygen atoms in total. The number of rotatable bonds is 10. The van der Waals surface area contributed by atoms with Gasteiger partial charge in [0.15, 0.2) is 0 Å². The van der Waals surface area contributed by atoms with E-state index in [1.54, 1.807) is 0 Å². The van der Waals surface area contributed by atoms with Crippen LogP contribution >= 0.6 is 0 Å². The van der Waals surface area contributed by atoms with Gasteiger partial charge < -0.3 is 14.9 Å². The molecular formula is C23H37NO3. The molecule has 2 N–H and O–H groups in total. The van der Waals surface area contributed by atoms with Crippen LogP contribution in [0.3, 0.4) is 0 Å². The fraction of sp³-hybridized carbons (Fsp3) is 0.739. The van der Waals surface area contributed by atoms with Gasteiger partial charge in [-0.25, -0.2) is 0 Å². The molecule has 3 rings (SSSR count). The molecule has 0 heterocycles. The Kier molecular flexibility index (Phi) is 6.62. The molecule has 2 aliphatic rings. The monoisotopic (exact) mass is 375 g/mol. The van der Waals surface area contributed by atoms with Gasteiger partial charge in [-0.05, 0) is 48.0 Å². The summed E-state index contributed by atoms with van der Waals surface area (Å²) in [4.78, 5) is 2.11. The molecule has 0 aromatic heterocycles. The molecule has 4 heteroatoms. The first-order chi connectivity index (χ1) is 12.9. The van der Waals surface area contributed by atoms with Crippen LogP contribution in [0.1, 0.15) is 52.0 Å². The largest absolute Gasteiger partial charge is 0.395 e. The molecule has 4 atom stereocenters. The lowest BCUT2D eigenvalue weighted by molar-refractivity contribution is -0.0566. The van der Waals surface area contributed by atoms with Crippen LogP contribution in [0.15, 0.2) is 30.3 Å². The molecule has 0 spiro atoms. The summed E-state index contributed by atoms with van der Waals surface area (Å²) >= 11 is 0. The Morgan fingerprint density at radius 3 is 2.56 bits per heavy atom. The fourth-order valence-corrected chi connectivity index (χ4v) is 5.34. The third kappa shape index (κ3) is 4.40. The van der Waals surface area contributed by atoms with Crippen LogP contribution in [-0.2, 0) is 11.3 Å². The maximum absolute atomic E-state index is 10.5. The lowest BCUT2D eigenvalue weighted by Crippen LogP contribution is -2.38. The minimum absolute atomic E-state index is 0.104. The van der Waals surface area contributed by atoms with E-state index in [1.165, 1.54) is 24.8 Å². The zero-order chi connectivity index (χ0) is 19.5. The Hall–Kier alpha value is -0.940. The molecule has 1 aromatic carbocycles. The highest BCUT2D eigenvalue weighted by molar-refractivity contribution is 5.14. The molecule has 2 fully saturated rings. The van der Waals surface area contributed by atoms with Crippen LogP contribution in [0.5, 0.6) is 0 Å². The summed E-state index contributed by atoms with van der Waals surface area (Å²) in [6.07, 6.45) is 4.32. The highest BCUT2D eigenvalue weighted by Crippen LogP contribution is 2.66. The average molecular weight is 376 g/mol. The fourth-order valence-electron chi connectivity index (χ4n) is 5.34. The van der Waals surface area contributed by atoms with Crippen LogP contribution < -0.4 is 0 Å². The predicted octanol–water partition coefficient (Wildman–Crippen LogP) is 3.46. The predicted molar refractivity (Wildman–Crippen MR) is 108 cm³/mol. The SMILES string of the molecule is CC1(C)[C@@H]2CC[C@]1(C)[C@H](OCC[C@H](O)CN(CCO)Cc1ccccc1)C2. The Labute approximate surface area is 164 Å². The van der Waals surface area contributed by atoms with E-state index in [-0.39, 0.29) is 12.0 Å². The van der Waals surface area contributed by atoms with Crippen molar-refractivity contribution in [2.75, 3.05) is 26.3 Å². The average Bonchev–Trinajstić information content (AvgIpc) is 2.96. The molecule has 0 radical (unpaired) electrons. The third-order valence-electron chi connectivity index (χ3n) is 7.62. The molecule has 152 valence electrons. The zero-order valence-electron chi connectivity index (χ0n) is 17.2. The first kappa shape index (κ1) is 20.8. The summed E-state index contributed by atoms with van der Waals surface area (Å²) in [7, 11) is 0. The maximum Gasteiger partial charge on any atom is 0.0689 e. The molecule has 2 aliphatic carbocycles. The van der Waals surface area contributed by atoms with Crippen LogP contribution in [0.25, 0.3) is 0 Å². The van der Waals surface area contributed by atoms with Gasteiger partial charge in [0.05, 0.1) is 18.8 Å². The lowest BCUT2D eigenvalue weighted by Gasteiger charge is -2.39. The summed E-state index contributed by atoms with van der Waals surface area (Å²) in [5.74, 6) is 0.781. The summed E-state index contributed by atoms with van der Waals surface area (Å²) in [5, 5.41) is 19.8. The zero-order valence-corrected chi connectivity index (χ0v) is 17.2. The Balaban J connectivity index is 1.44. The number of nitrogens with zero attached hydrogens (tertiary/aromatic N) is 1. The number of hydrogen-bond acceptors (Lipinski definition) is 4. The number of ether oxygens (including phenoxy) is 1. The van der Waals surface area contributed by atoms with Gasteiger partial charge in [-0.3, -0.25) is 4.90 Å². The summed E-state index contributed by atoms with van der Waals surface area (Å²) in [6, 6.07) is 10.2. The second-order valence-corrected chi connectivity index (χ2v) is 9.36. The lowest BCUT2D eigenvalue weighted by atomic mass is 9.70. The highest BCUT2D eigenvalue weighted by atomic mass is 16.5. The molecule has 2 saturated carbocycles. The number of aliphatic hydroxyl groups excluding tert-OH is 2. The molecule has 1 aromatic rings. The van der Waals surface area contributed by atoms with Gasteiger partial charge in [-0.1, -0.05) is 51.1 Å². The van der Waals surface area contributed by atoms with Crippen molar-refractivity contribution >= 4 is 0 Å². The standard InChI is InChI=1S/C23H37NO3/c1-22(2)19-9-11-23(22,3)21(15-19)27-14-10-20(26)17-24(12-13-25)16-18-7-5-4-6-8-18/h4-8,19-21,25-26H,9-17H2,1-3H3/t19-,20+,21-,23-/m1/s1. The molecular weight excluding hydrogens is 338 g/mol. The van der Waals surface area contributed by atoms with E-state index in [4.69, 9.17) is 4.74 Å². The smallest absolute Gasteiger partial charge is 0.0689 e. The number of fused-ring (bicyclic) bond motifs is 2. The van der Waals surface area contributed by atoms with Crippen molar-refractivity contribution in [2.24, 2.45) is 16.7 Å². The van der Waals surface area contributed by atoms with E-state index in [0.717, 1.165) is 12.5 Å². The van der Waals surface area contributed by atoms with Gasteiger partial charge in [-0.2, -0.15) is 0 Å². The van der Waals surface area contributed by atoms with Gasteiger partial charge in [0.1, 0.15) is 0 Å². The van der Waals surface area contributed by atoms with E-state index >= 15 is 0 Å². The second-order valence-electron chi connectivity index (χ2n) is 9.36.